The van der Waals surface area contributed by atoms with Gasteiger partial charge in [-0.1, -0.05) is 11.6 Å². The fourth-order valence-corrected chi connectivity index (χ4v) is 3.05. The molecule has 0 amide bonds. The monoisotopic (exact) mass is 390 g/mol. The molecule has 0 aliphatic carbocycles. The molecule has 0 aliphatic heterocycles. The lowest BCUT2D eigenvalue weighted by Crippen LogP contribution is -2.10. The Morgan fingerprint density at radius 2 is 1.67 bits per heavy atom. The van der Waals surface area contributed by atoms with Gasteiger partial charge in [0.15, 0.2) is 5.58 Å². The first kappa shape index (κ1) is 18.7. The number of halogens is 1. The van der Waals surface area contributed by atoms with Crippen LogP contribution in [0, 0.1) is 6.92 Å². The zero-order valence-corrected chi connectivity index (χ0v) is 15.7. The van der Waals surface area contributed by atoms with Crippen molar-refractivity contribution in [2.45, 2.75) is 20.8 Å². The van der Waals surface area contributed by atoms with Gasteiger partial charge in [-0.15, -0.1) is 0 Å². The third-order valence-electron chi connectivity index (χ3n) is 3.81. The summed E-state index contributed by atoms with van der Waals surface area (Å²) in [5.41, 5.74) is 0.389. The third-order valence-corrected chi connectivity index (χ3v) is 4.17. The largest absolute Gasteiger partial charge is 0.495 e. The van der Waals surface area contributed by atoms with E-state index in [-0.39, 0.29) is 44.2 Å². The summed E-state index contributed by atoms with van der Waals surface area (Å²) in [6, 6.07) is 4.31. The van der Waals surface area contributed by atoms with Crippen LogP contribution in [0.3, 0.4) is 0 Å². The van der Waals surface area contributed by atoms with Crippen LogP contribution in [-0.2, 0) is 9.59 Å². The summed E-state index contributed by atoms with van der Waals surface area (Å²) in [5, 5.41) is 0.224. The molecule has 0 spiro atoms. The van der Waals surface area contributed by atoms with Crippen molar-refractivity contribution in [3.63, 3.8) is 0 Å². The van der Waals surface area contributed by atoms with Crippen molar-refractivity contribution < 1.29 is 28.2 Å². The van der Waals surface area contributed by atoms with E-state index >= 15 is 0 Å². The average molecular weight is 391 g/mol. The highest BCUT2D eigenvalue weighted by Gasteiger charge is 2.22. The van der Waals surface area contributed by atoms with E-state index in [0.29, 0.717) is 5.56 Å². The normalized spacial score (nSPS) is 10.9. The Bertz CT molecular complexity index is 1160. The van der Waals surface area contributed by atoms with Crippen molar-refractivity contribution in [1.82, 2.24) is 0 Å². The van der Waals surface area contributed by atoms with E-state index in [9.17, 15) is 14.4 Å². The highest BCUT2D eigenvalue weighted by Crippen LogP contribution is 2.40. The van der Waals surface area contributed by atoms with Crippen LogP contribution in [0.2, 0.25) is 5.02 Å². The van der Waals surface area contributed by atoms with Gasteiger partial charge in [0.25, 0.3) is 0 Å². The van der Waals surface area contributed by atoms with Crippen molar-refractivity contribution >= 4 is 45.5 Å². The average Bonchev–Trinajstić information content (AvgIpc) is 2.57. The molecule has 3 aromatic rings. The number of methoxy groups -OCH3 is 1. The number of fused-ring (bicyclic) bond motifs is 2. The van der Waals surface area contributed by atoms with Gasteiger partial charge in [-0.25, -0.2) is 0 Å². The first-order valence-corrected chi connectivity index (χ1v) is 8.25. The van der Waals surface area contributed by atoms with Crippen LogP contribution in [0.15, 0.2) is 27.4 Å². The molecule has 140 valence electrons. The van der Waals surface area contributed by atoms with Crippen LogP contribution in [0.4, 0.5) is 0 Å². The number of hydrogen-bond donors (Lipinski definition) is 0. The van der Waals surface area contributed by atoms with Crippen molar-refractivity contribution in [3.8, 4) is 17.2 Å². The summed E-state index contributed by atoms with van der Waals surface area (Å²) >= 11 is 6.31. The van der Waals surface area contributed by atoms with Crippen molar-refractivity contribution in [2.75, 3.05) is 7.11 Å². The number of benzene rings is 2. The van der Waals surface area contributed by atoms with Gasteiger partial charge in [-0.05, 0) is 24.6 Å². The van der Waals surface area contributed by atoms with Gasteiger partial charge in [0, 0.05) is 19.9 Å². The molecule has 7 nitrogen and oxygen atoms in total. The van der Waals surface area contributed by atoms with E-state index in [2.05, 4.69) is 0 Å². The smallest absolute Gasteiger partial charge is 0.308 e. The maximum absolute atomic E-state index is 13.1. The molecule has 1 heterocycles. The topological polar surface area (TPSA) is 92.0 Å². The van der Waals surface area contributed by atoms with Crippen LogP contribution in [0.5, 0.6) is 17.2 Å². The molecule has 0 saturated heterocycles. The minimum absolute atomic E-state index is 0.0112. The first-order chi connectivity index (χ1) is 12.7. The van der Waals surface area contributed by atoms with E-state index in [1.807, 2.05) is 0 Å². The summed E-state index contributed by atoms with van der Waals surface area (Å²) < 4.78 is 21.3. The molecule has 3 rings (SSSR count). The number of carbonyl (C=O) groups excluding carboxylic acids is 2. The molecule has 0 radical (unpaired) electrons. The Hall–Kier alpha value is -3.06. The predicted molar refractivity (Wildman–Crippen MR) is 98.9 cm³/mol. The second kappa shape index (κ2) is 6.92. The molecule has 0 atom stereocenters. The summed E-state index contributed by atoms with van der Waals surface area (Å²) in [4.78, 5) is 35.8. The highest BCUT2D eigenvalue weighted by molar-refractivity contribution is 6.36. The van der Waals surface area contributed by atoms with Gasteiger partial charge >= 0.3 is 11.9 Å². The van der Waals surface area contributed by atoms with Gasteiger partial charge in [-0.3, -0.25) is 14.4 Å². The molecule has 2 aromatic carbocycles. The Morgan fingerprint density at radius 1 is 1.00 bits per heavy atom. The Morgan fingerprint density at radius 3 is 2.26 bits per heavy atom. The molecule has 0 N–H and O–H groups in total. The zero-order chi connectivity index (χ0) is 19.9. The van der Waals surface area contributed by atoms with Gasteiger partial charge in [0.1, 0.15) is 33.2 Å². The number of hydrogen-bond acceptors (Lipinski definition) is 7. The van der Waals surface area contributed by atoms with Crippen molar-refractivity contribution in [2.24, 2.45) is 0 Å². The lowest BCUT2D eigenvalue weighted by atomic mass is 10.1. The zero-order valence-electron chi connectivity index (χ0n) is 15.0. The van der Waals surface area contributed by atoms with Crippen LogP contribution in [0.25, 0.3) is 21.9 Å². The second-order valence-electron chi connectivity index (χ2n) is 5.83. The lowest BCUT2D eigenvalue weighted by Gasteiger charge is -2.13. The van der Waals surface area contributed by atoms with Gasteiger partial charge in [0.2, 0.25) is 5.43 Å². The Labute approximate surface area is 158 Å². The minimum Gasteiger partial charge on any atom is -0.495 e. The quantitative estimate of drug-likeness (QED) is 0.382. The lowest BCUT2D eigenvalue weighted by molar-refractivity contribution is -0.132. The highest BCUT2D eigenvalue weighted by atomic mass is 35.5. The van der Waals surface area contributed by atoms with Crippen LogP contribution >= 0.6 is 11.6 Å². The molecule has 0 bridgehead atoms. The van der Waals surface area contributed by atoms with Gasteiger partial charge < -0.3 is 18.6 Å². The Kier molecular flexibility index (Phi) is 4.80. The molecule has 0 saturated carbocycles. The minimum atomic E-state index is -0.620. The van der Waals surface area contributed by atoms with E-state index in [1.165, 1.54) is 33.1 Å². The molecule has 0 unspecified atom stereocenters. The Balaban J connectivity index is 2.47. The van der Waals surface area contributed by atoms with Crippen LogP contribution in [0.1, 0.15) is 19.4 Å². The molecule has 0 aliphatic rings. The third kappa shape index (κ3) is 3.33. The van der Waals surface area contributed by atoms with E-state index in [4.69, 9.17) is 30.2 Å². The number of carbonyl (C=O) groups is 2. The molecular formula is C19H15ClO7. The number of esters is 2. The summed E-state index contributed by atoms with van der Waals surface area (Å²) in [5.74, 6) is -0.785. The van der Waals surface area contributed by atoms with Crippen LogP contribution in [-0.4, -0.2) is 19.0 Å². The maximum Gasteiger partial charge on any atom is 0.308 e. The predicted octanol–water partition coefficient (Wildman–Crippen LogP) is 3.77. The van der Waals surface area contributed by atoms with Crippen LogP contribution < -0.4 is 19.6 Å². The van der Waals surface area contributed by atoms with Gasteiger partial charge in [0.05, 0.1) is 12.5 Å². The van der Waals surface area contributed by atoms with E-state index in [0.717, 1.165) is 0 Å². The van der Waals surface area contributed by atoms with E-state index < -0.39 is 17.4 Å². The molecule has 27 heavy (non-hydrogen) atoms. The van der Waals surface area contributed by atoms with Gasteiger partial charge in [-0.2, -0.15) is 0 Å². The first-order valence-electron chi connectivity index (χ1n) is 7.87. The molecule has 0 fully saturated rings. The van der Waals surface area contributed by atoms with E-state index in [1.54, 1.807) is 13.0 Å². The number of ether oxygens (including phenoxy) is 3. The molecule has 1 aromatic heterocycles. The molecule has 8 heteroatoms. The number of aryl methyl sites for hydroxylation is 1. The fraction of sp³-hybridized carbons (Fsp3) is 0.211. The summed E-state index contributed by atoms with van der Waals surface area (Å²) in [7, 11) is 1.39. The van der Waals surface area contributed by atoms with Crippen molar-refractivity contribution in [1.29, 1.82) is 0 Å². The van der Waals surface area contributed by atoms with Crippen molar-refractivity contribution in [3.05, 3.63) is 39.0 Å². The number of rotatable bonds is 3. The standard InChI is InChI=1S/C19H15ClO7/c1-8-5-11(25-9(2)21)6-12-17(23)15-13(26-10(3)22)7-14(24-4)16(20)19(15)27-18(8)12/h5-7H,1-4H3. The SMILES string of the molecule is COc1cc(OC(C)=O)c2c(=O)c3cc(OC(C)=O)cc(C)c3oc2c1Cl. The fourth-order valence-electron chi connectivity index (χ4n) is 2.79. The molecular weight excluding hydrogens is 376 g/mol. The summed E-state index contributed by atoms with van der Waals surface area (Å²) in [6.45, 7) is 4.16. The maximum atomic E-state index is 13.1. The second-order valence-corrected chi connectivity index (χ2v) is 6.21. The summed E-state index contributed by atoms with van der Waals surface area (Å²) in [6.07, 6.45) is 0.